The summed E-state index contributed by atoms with van der Waals surface area (Å²) in [5.41, 5.74) is 1.87. The van der Waals surface area contributed by atoms with Crippen LogP contribution in [-0.4, -0.2) is 42.4 Å². The third-order valence-corrected chi connectivity index (χ3v) is 4.39. The lowest BCUT2D eigenvalue weighted by molar-refractivity contribution is 0.0827. The normalized spacial score (nSPS) is 16.4. The molecule has 2 aromatic heterocycles. The molecule has 2 aromatic rings. The van der Waals surface area contributed by atoms with Gasteiger partial charge in [0.15, 0.2) is 0 Å². The van der Waals surface area contributed by atoms with Gasteiger partial charge < -0.3 is 14.2 Å². The molecule has 0 bridgehead atoms. The molecule has 0 saturated carbocycles. The number of nitrogens with zero attached hydrogens (tertiary/aromatic N) is 3. The molecule has 112 valence electrons. The Kier molecular flexibility index (Phi) is 3.62. The summed E-state index contributed by atoms with van der Waals surface area (Å²) in [6, 6.07) is 8.21. The highest BCUT2D eigenvalue weighted by Crippen LogP contribution is 2.25. The van der Waals surface area contributed by atoms with Crippen LogP contribution in [0.4, 0.5) is 5.82 Å². The summed E-state index contributed by atoms with van der Waals surface area (Å²) in [6.45, 7) is 4.51. The Morgan fingerprint density at radius 1 is 1.14 bits per heavy atom. The third-order valence-electron chi connectivity index (χ3n) is 4.39. The zero-order chi connectivity index (χ0) is 15.0. The zero-order valence-corrected chi connectivity index (χ0v) is 13.0. The number of aromatic nitrogens is 1. The summed E-state index contributed by atoms with van der Waals surface area (Å²) in [7, 11) is 3.57. The first-order chi connectivity index (χ1) is 10.1. The highest BCUT2D eigenvalue weighted by Gasteiger charge is 2.19. The quantitative estimate of drug-likeness (QED) is 0.848. The predicted molar refractivity (Wildman–Crippen MR) is 86.0 cm³/mol. The number of hydrogen-bond acceptors (Lipinski definition) is 2. The van der Waals surface area contributed by atoms with Crippen LogP contribution in [-0.2, 0) is 0 Å². The van der Waals surface area contributed by atoms with Gasteiger partial charge in [-0.15, -0.1) is 0 Å². The SMILES string of the molecule is CC1CCN(c2ccc3ccc(C(=O)N(C)C)cn23)CC1. The van der Waals surface area contributed by atoms with Crippen LogP contribution in [0.2, 0.25) is 0 Å². The van der Waals surface area contributed by atoms with Crippen molar-refractivity contribution in [1.82, 2.24) is 9.30 Å². The molecule has 1 aliphatic heterocycles. The van der Waals surface area contributed by atoms with Gasteiger partial charge in [-0.05, 0) is 43.0 Å². The molecule has 4 heteroatoms. The first-order valence-electron chi connectivity index (χ1n) is 7.64. The average molecular weight is 285 g/mol. The number of fused-ring (bicyclic) bond motifs is 1. The molecular formula is C17H23N3O. The molecule has 0 aromatic carbocycles. The van der Waals surface area contributed by atoms with E-state index in [2.05, 4.69) is 28.4 Å². The number of carbonyl (C=O) groups is 1. The molecule has 1 amide bonds. The minimum Gasteiger partial charge on any atom is -0.358 e. The van der Waals surface area contributed by atoms with Gasteiger partial charge in [0.1, 0.15) is 5.82 Å². The van der Waals surface area contributed by atoms with Crippen molar-refractivity contribution in [2.45, 2.75) is 19.8 Å². The van der Waals surface area contributed by atoms with E-state index in [0.717, 1.165) is 30.1 Å². The van der Waals surface area contributed by atoms with E-state index in [1.165, 1.54) is 18.7 Å². The highest BCUT2D eigenvalue weighted by molar-refractivity contribution is 5.94. The van der Waals surface area contributed by atoms with Gasteiger partial charge in [0.2, 0.25) is 0 Å². The topological polar surface area (TPSA) is 28.0 Å². The van der Waals surface area contributed by atoms with Crippen molar-refractivity contribution in [3.8, 4) is 0 Å². The van der Waals surface area contributed by atoms with Gasteiger partial charge in [0.05, 0.1) is 5.56 Å². The third kappa shape index (κ3) is 2.62. The molecule has 0 N–H and O–H groups in total. The van der Waals surface area contributed by atoms with Crippen LogP contribution in [0.1, 0.15) is 30.1 Å². The van der Waals surface area contributed by atoms with E-state index in [9.17, 15) is 4.79 Å². The van der Waals surface area contributed by atoms with Crippen LogP contribution in [0.3, 0.4) is 0 Å². The summed E-state index contributed by atoms with van der Waals surface area (Å²) in [4.78, 5) is 16.2. The molecule has 4 nitrogen and oxygen atoms in total. The van der Waals surface area contributed by atoms with Gasteiger partial charge in [-0.25, -0.2) is 0 Å². The molecule has 1 saturated heterocycles. The van der Waals surface area contributed by atoms with Gasteiger partial charge in [-0.2, -0.15) is 0 Å². The fraction of sp³-hybridized carbons (Fsp3) is 0.471. The number of anilines is 1. The van der Waals surface area contributed by atoms with Crippen LogP contribution in [0.15, 0.2) is 30.5 Å². The average Bonchev–Trinajstić information content (AvgIpc) is 2.90. The minimum absolute atomic E-state index is 0.0452. The summed E-state index contributed by atoms with van der Waals surface area (Å²) < 4.78 is 2.15. The van der Waals surface area contributed by atoms with Crippen molar-refractivity contribution < 1.29 is 4.79 Å². The Morgan fingerprint density at radius 2 is 1.81 bits per heavy atom. The van der Waals surface area contributed by atoms with E-state index >= 15 is 0 Å². The fourth-order valence-corrected chi connectivity index (χ4v) is 2.97. The summed E-state index contributed by atoms with van der Waals surface area (Å²) in [5.74, 6) is 2.06. The fourth-order valence-electron chi connectivity index (χ4n) is 2.97. The molecule has 3 heterocycles. The molecule has 0 aliphatic carbocycles. The predicted octanol–water partition coefficient (Wildman–Crippen LogP) is 2.88. The van der Waals surface area contributed by atoms with Crippen molar-refractivity contribution in [3.05, 3.63) is 36.0 Å². The molecule has 0 radical (unpaired) electrons. The first-order valence-corrected chi connectivity index (χ1v) is 7.64. The number of pyridine rings is 1. The number of rotatable bonds is 2. The van der Waals surface area contributed by atoms with Gasteiger partial charge in [-0.3, -0.25) is 4.79 Å². The molecule has 0 spiro atoms. The first kappa shape index (κ1) is 14.0. The molecular weight excluding hydrogens is 262 g/mol. The van der Waals surface area contributed by atoms with E-state index in [0.29, 0.717) is 0 Å². The maximum Gasteiger partial charge on any atom is 0.254 e. The second kappa shape index (κ2) is 5.43. The standard InChI is InChI=1S/C17H23N3O/c1-13-8-10-19(11-9-13)16-7-6-15-5-4-14(12-20(15)16)17(21)18(2)3/h4-7,12-13H,8-11H2,1-3H3. The van der Waals surface area contributed by atoms with E-state index in [-0.39, 0.29) is 5.91 Å². The van der Waals surface area contributed by atoms with Crippen LogP contribution in [0, 0.1) is 5.92 Å². The second-order valence-corrected chi connectivity index (χ2v) is 6.27. The van der Waals surface area contributed by atoms with Crippen molar-refractivity contribution in [1.29, 1.82) is 0 Å². The van der Waals surface area contributed by atoms with Gasteiger partial charge in [0, 0.05) is 38.9 Å². The summed E-state index contributed by atoms with van der Waals surface area (Å²) in [6.07, 6.45) is 4.44. The largest absolute Gasteiger partial charge is 0.358 e. The second-order valence-electron chi connectivity index (χ2n) is 6.27. The molecule has 0 atom stereocenters. The lowest BCUT2D eigenvalue weighted by Crippen LogP contribution is -2.33. The summed E-state index contributed by atoms with van der Waals surface area (Å²) >= 11 is 0. The lowest BCUT2D eigenvalue weighted by atomic mass is 9.99. The Balaban J connectivity index is 1.96. The molecule has 1 fully saturated rings. The van der Waals surface area contributed by atoms with Crippen LogP contribution < -0.4 is 4.90 Å². The van der Waals surface area contributed by atoms with E-state index in [1.54, 1.807) is 19.0 Å². The maximum absolute atomic E-state index is 12.1. The zero-order valence-electron chi connectivity index (χ0n) is 13.0. The van der Waals surface area contributed by atoms with E-state index < -0.39 is 0 Å². The van der Waals surface area contributed by atoms with E-state index in [1.807, 2.05) is 18.3 Å². The highest BCUT2D eigenvalue weighted by atomic mass is 16.2. The molecule has 1 aliphatic rings. The monoisotopic (exact) mass is 285 g/mol. The molecule has 3 rings (SSSR count). The van der Waals surface area contributed by atoms with Crippen molar-refractivity contribution >= 4 is 17.2 Å². The Bertz CT molecular complexity index is 651. The Labute approximate surface area is 126 Å². The Hall–Kier alpha value is -1.97. The van der Waals surface area contributed by atoms with Crippen LogP contribution >= 0.6 is 0 Å². The van der Waals surface area contributed by atoms with E-state index in [4.69, 9.17) is 0 Å². The maximum atomic E-state index is 12.1. The molecule has 21 heavy (non-hydrogen) atoms. The lowest BCUT2D eigenvalue weighted by Gasteiger charge is -2.31. The number of piperidine rings is 1. The number of amides is 1. The van der Waals surface area contributed by atoms with Crippen molar-refractivity contribution in [2.24, 2.45) is 5.92 Å². The summed E-state index contributed by atoms with van der Waals surface area (Å²) in [5, 5.41) is 0. The van der Waals surface area contributed by atoms with Gasteiger partial charge >= 0.3 is 0 Å². The van der Waals surface area contributed by atoms with Gasteiger partial charge in [0.25, 0.3) is 5.91 Å². The minimum atomic E-state index is 0.0452. The van der Waals surface area contributed by atoms with Crippen LogP contribution in [0.25, 0.3) is 5.52 Å². The smallest absolute Gasteiger partial charge is 0.254 e. The van der Waals surface area contributed by atoms with Crippen molar-refractivity contribution in [2.75, 3.05) is 32.1 Å². The molecule has 0 unspecified atom stereocenters. The van der Waals surface area contributed by atoms with Crippen LogP contribution in [0.5, 0.6) is 0 Å². The van der Waals surface area contributed by atoms with Crippen molar-refractivity contribution in [3.63, 3.8) is 0 Å². The number of carbonyl (C=O) groups excluding carboxylic acids is 1. The Morgan fingerprint density at radius 3 is 2.48 bits per heavy atom. The number of hydrogen-bond donors (Lipinski definition) is 0. The van der Waals surface area contributed by atoms with Gasteiger partial charge in [-0.1, -0.05) is 6.92 Å².